The Labute approximate surface area is 175 Å². The number of benzene rings is 1. The summed E-state index contributed by atoms with van der Waals surface area (Å²) in [6.07, 6.45) is 2.46. The van der Waals surface area contributed by atoms with Crippen molar-refractivity contribution in [2.75, 3.05) is 7.05 Å². The molecule has 162 valence electrons. The van der Waals surface area contributed by atoms with Gasteiger partial charge in [-0.1, -0.05) is 30.3 Å². The summed E-state index contributed by atoms with van der Waals surface area (Å²) in [5, 5.41) is 12.2. The molecule has 0 saturated carbocycles. The van der Waals surface area contributed by atoms with E-state index in [1.165, 1.54) is 19.6 Å². The Hall–Kier alpha value is -3.36. The van der Waals surface area contributed by atoms with Gasteiger partial charge in [-0.15, -0.1) is 0 Å². The molecule has 0 radical (unpaired) electrons. The molecule has 2 rings (SSSR count). The highest BCUT2D eigenvalue weighted by Gasteiger charge is 2.33. The number of rotatable bonds is 8. The zero-order chi connectivity index (χ0) is 22.3. The van der Waals surface area contributed by atoms with Crippen LogP contribution in [0.5, 0.6) is 0 Å². The number of carbonyl (C=O) groups is 3. The smallest absolute Gasteiger partial charge is 0.408 e. The Kier molecular flexibility index (Phi) is 7.57. The number of carboxylic acids is 1. The van der Waals surface area contributed by atoms with E-state index in [1.807, 2.05) is 30.3 Å². The monoisotopic (exact) mass is 416 g/mol. The van der Waals surface area contributed by atoms with Crippen LogP contribution in [0.1, 0.15) is 32.0 Å². The quantitative estimate of drug-likeness (QED) is 0.605. The lowest BCUT2D eigenvalue weighted by atomic mass is 10.0. The molecule has 0 spiro atoms. The van der Waals surface area contributed by atoms with Gasteiger partial charge in [-0.2, -0.15) is 0 Å². The van der Waals surface area contributed by atoms with Gasteiger partial charge in [-0.05, 0) is 26.3 Å². The summed E-state index contributed by atoms with van der Waals surface area (Å²) >= 11 is 0. The number of nitrogens with one attached hydrogen (secondary N) is 2. The predicted molar refractivity (Wildman–Crippen MR) is 110 cm³/mol. The van der Waals surface area contributed by atoms with Gasteiger partial charge in [-0.3, -0.25) is 4.79 Å². The molecule has 1 heterocycles. The zero-order valence-corrected chi connectivity index (χ0v) is 17.6. The Morgan fingerprint density at radius 1 is 1.20 bits per heavy atom. The number of H-pyrrole nitrogens is 1. The SMILES string of the molecule is CN(C(=O)[C@H](Cc1ccccc1)NC(=O)OC(C)(C)C)[C@@H](Cc1cnc[nH]1)C(=O)O. The molecule has 0 aliphatic rings. The highest BCUT2D eigenvalue weighted by atomic mass is 16.6. The van der Waals surface area contributed by atoms with Crippen LogP contribution in [0, 0.1) is 0 Å². The van der Waals surface area contributed by atoms with Gasteiger partial charge in [0.25, 0.3) is 0 Å². The van der Waals surface area contributed by atoms with Crippen LogP contribution in [-0.2, 0) is 27.2 Å². The zero-order valence-electron chi connectivity index (χ0n) is 17.6. The number of amides is 2. The van der Waals surface area contributed by atoms with Crippen molar-refractivity contribution in [2.45, 2.75) is 51.3 Å². The molecule has 1 aromatic heterocycles. The minimum absolute atomic E-state index is 0.0576. The number of likely N-dealkylation sites (N-methyl/N-ethyl adjacent to an activating group) is 1. The summed E-state index contributed by atoms with van der Waals surface area (Å²) in [5.41, 5.74) is 0.670. The summed E-state index contributed by atoms with van der Waals surface area (Å²) in [6.45, 7) is 5.16. The van der Waals surface area contributed by atoms with Crippen LogP contribution in [0.15, 0.2) is 42.9 Å². The third kappa shape index (κ3) is 6.91. The second kappa shape index (κ2) is 9.91. The van der Waals surface area contributed by atoms with Crippen LogP contribution < -0.4 is 5.32 Å². The van der Waals surface area contributed by atoms with Crippen molar-refractivity contribution in [3.8, 4) is 0 Å². The lowest BCUT2D eigenvalue weighted by Crippen LogP contribution is -2.54. The number of imidazole rings is 1. The standard InChI is InChI=1S/C21H28N4O5/c1-21(2,3)30-20(29)24-16(10-14-8-6-5-7-9-14)18(26)25(4)17(19(27)28)11-15-12-22-13-23-15/h5-9,12-13,16-17H,10-11H2,1-4H3,(H,22,23)(H,24,29)(H,27,28)/t16-,17-/m0/s1. The molecule has 9 nitrogen and oxygen atoms in total. The van der Waals surface area contributed by atoms with Gasteiger partial charge in [0.1, 0.15) is 17.7 Å². The number of ether oxygens (including phenoxy) is 1. The summed E-state index contributed by atoms with van der Waals surface area (Å²) in [7, 11) is 1.41. The van der Waals surface area contributed by atoms with Crippen molar-refractivity contribution in [1.29, 1.82) is 0 Å². The summed E-state index contributed by atoms with van der Waals surface area (Å²) in [6, 6.07) is 7.04. The minimum Gasteiger partial charge on any atom is -0.480 e. The number of alkyl carbamates (subject to hydrolysis) is 1. The minimum atomic E-state index is -1.16. The van der Waals surface area contributed by atoms with Crippen LogP contribution in [0.4, 0.5) is 4.79 Å². The Balaban J connectivity index is 2.22. The molecule has 0 bridgehead atoms. The van der Waals surface area contributed by atoms with Gasteiger partial charge < -0.3 is 25.0 Å². The van der Waals surface area contributed by atoms with Crippen LogP contribution in [0.25, 0.3) is 0 Å². The van der Waals surface area contributed by atoms with E-state index in [0.717, 1.165) is 10.5 Å². The summed E-state index contributed by atoms with van der Waals surface area (Å²) < 4.78 is 5.28. The van der Waals surface area contributed by atoms with Gasteiger partial charge in [0, 0.05) is 31.8 Å². The number of carboxylic acid groups (broad SMARTS) is 1. The fourth-order valence-electron chi connectivity index (χ4n) is 2.89. The lowest BCUT2D eigenvalue weighted by Gasteiger charge is -2.30. The normalized spacial score (nSPS) is 13.2. The first-order chi connectivity index (χ1) is 14.1. The molecule has 2 amide bonds. The topological polar surface area (TPSA) is 125 Å². The van der Waals surface area contributed by atoms with Gasteiger partial charge in [0.15, 0.2) is 0 Å². The van der Waals surface area contributed by atoms with Crippen LogP contribution in [0.3, 0.4) is 0 Å². The second-order valence-electron chi connectivity index (χ2n) is 7.97. The molecule has 30 heavy (non-hydrogen) atoms. The number of aromatic nitrogens is 2. The van der Waals surface area contributed by atoms with Crippen molar-refractivity contribution < 1.29 is 24.2 Å². The maximum Gasteiger partial charge on any atom is 0.408 e. The Morgan fingerprint density at radius 2 is 1.87 bits per heavy atom. The molecule has 0 fully saturated rings. The van der Waals surface area contributed by atoms with Crippen molar-refractivity contribution in [1.82, 2.24) is 20.2 Å². The number of aliphatic carboxylic acids is 1. The van der Waals surface area contributed by atoms with Gasteiger partial charge in [0.05, 0.1) is 6.33 Å². The van der Waals surface area contributed by atoms with Crippen LogP contribution in [-0.4, -0.2) is 62.7 Å². The van der Waals surface area contributed by atoms with Crippen molar-refractivity contribution >= 4 is 18.0 Å². The van der Waals surface area contributed by atoms with Gasteiger partial charge in [0.2, 0.25) is 5.91 Å². The van der Waals surface area contributed by atoms with Crippen LogP contribution >= 0.6 is 0 Å². The number of hydrogen-bond donors (Lipinski definition) is 3. The van der Waals surface area contributed by atoms with E-state index in [9.17, 15) is 19.5 Å². The average molecular weight is 416 g/mol. The summed E-state index contributed by atoms with van der Waals surface area (Å²) in [5.74, 6) is -1.69. The van der Waals surface area contributed by atoms with E-state index < -0.39 is 35.7 Å². The first-order valence-corrected chi connectivity index (χ1v) is 9.57. The fourth-order valence-corrected chi connectivity index (χ4v) is 2.89. The second-order valence-corrected chi connectivity index (χ2v) is 7.97. The lowest BCUT2D eigenvalue weighted by molar-refractivity contribution is -0.149. The highest BCUT2D eigenvalue weighted by molar-refractivity contribution is 5.89. The van der Waals surface area contributed by atoms with E-state index in [2.05, 4.69) is 15.3 Å². The number of nitrogens with zero attached hydrogens (tertiary/aromatic N) is 2. The fraction of sp³-hybridized carbons (Fsp3) is 0.429. The molecule has 2 aromatic rings. The molecule has 0 saturated heterocycles. The van der Waals surface area contributed by atoms with Crippen molar-refractivity contribution in [3.63, 3.8) is 0 Å². The Morgan fingerprint density at radius 3 is 2.40 bits per heavy atom. The third-order valence-corrected chi connectivity index (χ3v) is 4.34. The molecule has 3 N–H and O–H groups in total. The first-order valence-electron chi connectivity index (χ1n) is 9.57. The molecule has 2 atom stereocenters. The van der Waals surface area contributed by atoms with Gasteiger partial charge >= 0.3 is 12.1 Å². The molecule has 0 unspecified atom stereocenters. The highest BCUT2D eigenvalue weighted by Crippen LogP contribution is 2.13. The number of aromatic amines is 1. The number of hydrogen-bond acceptors (Lipinski definition) is 5. The predicted octanol–water partition coefficient (Wildman–Crippen LogP) is 2.00. The molecular formula is C21H28N4O5. The maximum atomic E-state index is 13.2. The molecule has 1 aromatic carbocycles. The molecule has 0 aliphatic carbocycles. The van der Waals surface area contributed by atoms with E-state index in [4.69, 9.17) is 4.74 Å². The van der Waals surface area contributed by atoms with Crippen LogP contribution in [0.2, 0.25) is 0 Å². The largest absolute Gasteiger partial charge is 0.480 e. The summed E-state index contributed by atoms with van der Waals surface area (Å²) in [4.78, 5) is 45.2. The van der Waals surface area contributed by atoms with Gasteiger partial charge in [-0.25, -0.2) is 14.6 Å². The van der Waals surface area contributed by atoms with Crippen molar-refractivity contribution in [2.24, 2.45) is 0 Å². The van der Waals surface area contributed by atoms with E-state index in [-0.39, 0.29) is 12.8 Å². The molecule has 9 heteroatoms. The maximum absolute atomic E-state index is 13.2. The number of carbonyl (C=O) groups excluding carboxylic acids is 2. The average Bonchev–Trinajstić information content (AvgIpc) is 3.17. The van der Waals surface area contributed by atoms with Crippen molar-refractivity contribution in [3.05, 3.63) is 54.1 Å². The van der Waals surface area contributed by atoms with E-state index in [0.29, 0.717) is 5.69 Å². The van der Waals surface area contributed by atoms with E-state index >= 15 is 0 Å². The molecule has 0 aliphatic heterocycles. The third-order valence-electron chi connectivity index (χ3n) is 4.34. The van der Waals surface area contributed by atoms with E-state index in [1.54, 1.807) is 20.8 Å². The Bertz CT molecular complexity index is 846. The molecular weight excluding hydrogens is 388 g/mol. The first kappa shape index (κ1) is 22.9.